The van der Waals surface area contributed by atoms with Gasteiger partial charge in [-0.3, -0.25) is 0 Å². The zero-order valence-electron chi connectivity index (χ0n) is 8.57. The van der Waals surface area contributed by atoms with Gasteiger partial charge in [-0.25, -0.2) is 4.98 Å². The molecule has 1 atom stereocenters. The summed E-state index contributed by atoms with van der Waals surface area (Å²) in [6.45, 7) is -0.663. The predicted molar refractivity (Wildman–Crippen MR) is 53.0 cm³/mol. The summed E-state index contributed by atoms with van der Waals surface area (Å²) in [6, 6.07) is 0.667. The lowest BCUT2D eigenvalue weighted by Gasteiger charge is -2.12. The minimum absolute atomic E-state index is 0.149. The van der Waals surface area contributed by atoms with E-state index in [2.05, 4.69) is 15.3 Å². The SMILES string of the molecule is Nc1nc(NCC(O)CO)cc(C(F)(F)F)n1. The molecular formula is C8H11F3N4O2. The van der Waals surface area contributed by atoms with Gasteiger partial charge in [0.2, 0.25) is 5.95 Å². The van der Waals surface area contributed by atoms with Crippen LogP contribution in [-0.4, -0.2) is 39.4 Å². The number of anilines is 2. The first-order valence-electron chi connectivity index (χ1n) is 4.57. The maximum absolute atomic E-state index is 12.3. The molecule has 1 rings (SSSR count). The van der Waals surface area contributed by atoms with Gasteiger partial charge >= 0.3 is 6.18 Å². The van der Waals surface area contributed by atoms with Gasteiger partial charge in [0, 0.05) is 12.6 Å². The summed E-state index contributed by atoms with van der Waals surface area (Å²) in [5.41, 5.74) is 3.95. The van der Waals surface area contributed by atoms with Crippen molar-refractivity contribution in [2.75, 3.05) is 24.2 Å². The summed E-state index contributed by atoms with van der Waals surface area (Å²) in [5.74, 6) is -0.696. The zero-order valence-corrected chi connectivity index (χ0v) is 8.57. The molecule has 1 unspecified atom stereocenters. The Hall–Kier alpha value is -1.61. The van der Waals surface area contributed by atoms with Gasteiger partial charge in [-0.2, -0.15) is 18.2 Å². The Morgan fingerprint density at radius 3 is 2.59 bits per heavy atom. The Morgan fingerprint density at radius 2 is 2.06 bits per heavy atom. The number of aliphatic hydroxyl groups excluding tert-OH is 2. The van der Waals surface area contributed by atoms with Crippen molar-refractivity contribution in [1.82, 2.24) is 9.97 Å². The van der Waals surface area contributed by atoms with Crippen LogP contribution in [0.15, 0.2) is 6.07 Å². The summed E-state index contributed by atoms with van der Waals surface area (Å²) in [7, 11) is 0. The third-order valence-electron chi connectivity index (χ3n) is 1.76. The van der Waals surface area contributed by atoms with Crippen LogP contribution in [0.2, 0.25) is 0 Å². The van der Waals surface area contributed by atoms with Crippen molar-refractivity contribution in [2.24, 2.45) is 0 Å². The zero-order chi connectivity index (χ0) is 13.1. The quantitative estimate of drug-likeness (QED) is 0.593. The number of nitrogen functional groups attached to an aromatic ring is 1. The molecular weight excluding hydrogens is 241 g/mol. The number of alkyl halides is 3. The number of rotatable bonds is 4. The molecule has 0 saturated heterocycles. The Labute approximate surface area is 94.3 Å². The highest BCUT2D eigenvalue weighted by molar-refractivity contribution is 5.41. The fourth-order valence-corrected chi connectivity index (χ4v) is 0.989. The number of aromatic nitrogens is 2. The molecule has 0 aliphatic rings. The van der Waals surface area contributed by atoms with Gasteiger partial charge in [-0.05, 0) is 0 Å². The maximum atomic E-state index is 12.3. The van der Waals surface area contributed by atoms with Crippen molar-refractivity contribution in [1.29, 1.82) is 0 Å². The number of nitrogens with one attached hydrogen (secondary N) is 1. The van der Waals surface area contributed by atoms with Crippen LogP contribution in [0.1, 0.15) is 5.69 Å². The second kappa shape index (κ2) is 5.15. The maximum Gasteiger partial charge on any atom is 0.433 e. The lowest BCUT2D eigenvalue weighted by atomic mass is 10.3. The third kappa shape index (κ3) is 4.04. The summed E-state index contributed by atoms with van der Waals surface area (Å²) in [4.78, 5) is 6.56. The first-order chi connectivity index (χ1) is 7.82. The number of aliphatic hydroxyl groups is 2. The van der Waals surface area contributed by atoms with Crippen LogP contribution in [0.4, 0.5) is 24.9 Å². The van der Waals surface area contributed by atoms with Gasteiger partial charge < -0.3 is 21.3 Å². The number of nitrogens with two attached hydrogens (primary N) is 1. The average molecular weight is 252 g/mol. The molecule has 1 aromatic heterocycles. The molecule has 1 heterocycles. The van der Waals surface area contributed by atoms with Crippen molar-refractivity contribution in [3.63, 3.8) is 0 Å². The number of nitrogens with zero attached hydrogens (tertiary/aromatic N) is 2. The van der Waals surface area contributed by atoms with Crippen molar-refractivity contribution in [3.05, 3.63) is 11.8 Å². The predicted octanol–water partition coefficient (Wildman–Crippen LogP) is -0.157. The highest BCUT2D eigenvalue weighted by Crippen LogP contribution is 2.29. The van der Waals surface area contributed by atoms with Crippen LogP contribution >= 0.6 is 0 Å². The first kappa shape index (κ1) is 13.5. The molecule has 17 heavy (non-hydrogen) atoms. The van der Waals surface area contributed by atoms with Gasteiger partial charge in [0.25, 0.3) is 0 Å². The molecule has 0 spiro atoms. The minimum atomic E-state index is -4.62. The molecule has 96 valence electrons. The van der Waals surface area contributed by atoms with Gasteiger partial charge in [0.1, 0.15) is 5.82 Å². The molecule has 5 N–H and O–H groups in total. The van der Waals surface area contributed by atoms with Crippen LogP contribution in [0.5, 0.6) is 0 Å². The standard InChI is InChI=1S/C8H11F3N4O2/c9-8(10,11)5-1-6(15-7(12)14-5)13-2-4(17)3-16/h1,4,16-17H,2-3H2,(H3,12,13,14,15). The normalized spacial score (nSPS) is 13.5. The number of hydrogen-bond donors (Lipinski definition) is 4. The van der Waals surface area contributed by atoms with Crippen LogP contribution in [0.3, 0.4) is 0 Å². The molecule has 0 fully saturated rings. The van der Waals surface area contributed by atoms with E-state index >= 15 is 0 Å². The van der Waals surface area contributed by atoms with Crippen molar-refractivity contribution >= 4 is 11.8 Å². The summed E-state index contributed by atoms with van der Waals surface area (Å²) >= 11 is 0. The monoisotopic (exact) mass is 252 g/mol. The average Bonchev–Trinajstić information content (AvgIpc) is 2.24. The van der Waals surface area contributed by atoms with E-state index in [1.54, 1.807) is 0 Å². The van der Waals surface area contributed by atoms with Crippen molar-refractivity contribution in [3.8, 4) is 0 Å². The highest BCUT2D eigenvalue weighted by atomic mass is 19.4. The lowest BCUT2D eigenvalue weighted by molar-refractivity contribution is -0.141. The van der Waals surface area contributed by atoms with E-state index in [0.717, 1.165) is 0 Å². The molecule has 9 heteroatoms. The van der Waals surface area contributed by atoms with Gasteiger partial charge in [0.15, 0.2) is 5.69 Å². The largest absolute Gasteiger partial charge is 0.433 e. The second-order valence-corrected chi connectivity index (χ2v) is 3.21. The molecule has 0 saturated carbocycles. The van der Waals surface area contributed by atoms with Gasteiger partial charge in [-0.1, -0.05) is 0 Å². The second-order valence-electron chi connectivity index (χ2n) is 3.21. The van der Waals surface area contributed by atoms with Gasteiger partial charge in [-0.15, -0.1) is 0 Å². The fraction of sp³-hybridized carbons (Fsp3) is 0.500. The van der Waals surface area contributed by atoms with Crippen molar-refractivity contribution < 1.29 is 23.4 Å². The van der Waals surface area contributed by atoms with Gasteiger partial charge in [0.05, 0.1) is 12.7 Å². The van der Waals surface area contributed by atoms with Crippen LogP contribution in [-0.2, 0) is 6.18 Å². The molecule has 0 aromatic carbocycles. The Balaban J connectivity index is 2.83. The summed E-state index contributed by atoms with van der Waals surface area (Å²) in [5, 5.41) is 19.9. The highest BCUT2D eigenvalue weighted by Gasteiger charge is 2.33. The topological polar surface area (TPSA) is 104 Å². The first-order valence-corrected chi connectivity index (χ1v) is 4.57. The Bertz CT molecular complexity index is 386. The van der Waals surface area contributed by atoms with E-state index in [9.17, 15) is 13.2 Å². The molecule has 0 radical (unpaired) electrons. The van der Waals surface area contributed by atoms with E-state index in [0.29, 0.717) is 6.07 Å². The number of hydrogen-bond acceptors (Lipinski definition) is 6. The molecule has 0 amide bonds. The Morgan fingerprint density at radius 1 is 1.41 bits per heavy atom. The molecule has 0 bridgehead atoms. The van der Waals surface area contributed by atoms with Crippen molar-refractivity contribution in [2.45, 2.75) is 12.3 Å². The van der Waals surface area contributed by atoms with E-state index in [4.69, 9.17) is 15.9 Å². The molecule has 0 aliphatic carbocycles. The number of halogens is 3. The van der Waals surface area contributed by atoms with E-state index in [1.807, 2.05) is 0 Å². The molecule has 1 aromatic rings. The minimum Gasteiger partial charge on any atom is -0.394 e. The van der Waals surface area contributed by atoms with Crippen LogP contribution < -0.4 is 11.1 Å². The van der Waals surface area contributed by atoms with E-state index in [-0.39, 0.29) is 12.4 Å². The Kier molecular flexibility index (Phi) is 4.07. The third-order valence-corrected chi connectivity index (χ3v) is 1.76. The summed E-state index contributed by atoms with van der Waals surface area (Å²) in [6.07, 6.45) is -5.72. The van der Waals surface area contributed by atoms with E-state index < -0.39 is 30.5 Å². The smallest absolute Gasteiger partial charge is 0.394 e. The van der Waals surface area contributed by atoms with E-state index in [1.165, 1.54) is 0 Å². The molecule has 0 aliphatic heterocycles. The van der Waals surface area contributed by atoms with Crippen LogP contribution in [0, 0.1) is 0 Å². The van der Waals surface area contributed by atoms with Crippen LogP contribution in [0.25, 0.3) is 0 Å². The summed E-state index contributed by atoms with van der Waals surface area (Å²) < 4.78 is 37.0. The lowest BCUT2D eigenvalue weighted by Crippen LogP contribution is -2.24. The molecule has 6 nitrogen and oxygen atoms in total. The fourth-order valence-electron chi connectivity index (χ4n) is 0.989.